The molecule has 0 saturated carbocycles. The van der Waals surface area contributed by atoms with Crippen LogP contribution in [0.1, 0.15) is 25.6 Å². The summed E-state index contributed by atoms with van der Waals surface area (Å²) in [5.74, 6) is -0.143. The normalized spacial score (nSPS) is 22.6. The van der Waals surface area contributed by atoms with Gasteiger partial charge in [0.1, 0.15) is 12.2 Å². The highest BCUT2D eigenvalue weighted by molar-refractivity contribution is 5.78. The lowest BCUT2D eigenvalue weighted by atomic mass is 9.82. The van der Waals surface area contributed by atoms with Gasteiger partial charge in [-0.3, -0.25) is 9.89 Å². The number of aromatic nitrogens is 3. The number of rotatable bonds is 4. The Balaban J connectivity index is 1.81. The summed E-state index contributed by atoms with van der Waals surface area (Å²) < 4.78 is 0. The highest BCUT2D eigenvalue weighted by Crippen LogP contribution is 2.29. The third-order valence-electron chi connectivity index (χ3n) is 3.60. The van der Waals surface area contributed by atoms with Crippen LogP contribution in [0.2, 0.25) is 0 Å². The van der Waals surface area contributed by atoms with Gasteiger partial charge in [-0.05, 0) is 19.8 Å². The molecule has 1 aromatic heterocycles. The molecule has 0 spiro atoms. The first-order valence-electron chi connectivity index (χ1n) is 6.62. The maximum Gasteiger partial charge on any atom is 0.317 e. The molecule has 8 heteroatoms. The lowest BCUT2D eigenvalue weighted by molar-refractivity contribution is -0.150. The molecule has 0 bridgehead atoms. The van der Waals surface area contributed by atoms with E-state index in [1.165, 1.54) is 6.33 Å². The van der Waals surface area contributed by atoms with Gasteiger partial charge >= 0.3 is 12.0 Å². The standard InChI is InChI=1S/C12H19N5O3/c1-12(10(18)19)4-2-6-17(7-12)11(20)13-5-3-9-14-8-15-16-9/h8H,2-7H2,1H3,(H,13,20)(H,18,19)(H,14,15,16). The fourth-order valence-electron chi connectivity index (χ4n) is 2.34. The molecule has 1 fully saturated rings. The van der Waals surface area contributed by atoms with Crippen molar-refractivity contribution in [2.24, 2.45) is 5.41 Å². The average molecular weight is 281 g/mol. The van der Waals surface area contributed by atoms with Crippen LogP contribution < -0.4 is 5.32 Å². The Morgan fingerprint density at radius 2 is 2.40 bits per heavy atom. The van der Waals surface area contributed by atoms with Gasteiger partial charge in [0.15, 0.2) is 0 Å². The Morgan fingerprint density at radius 3 is 3.05 bits per heavy atom. The van der Waals surface area contributed by atoms with Crippen molar-refractivity contribution in [1.82, 2.24) is 25.4 Å². The van der Waals surface area contributed by atoms with Crippen LogP contribution in [0.3, 0.4) is 0 Å². The van der Waals surface area contributed by atoms with Crippen LogP contribution in [0.4, 0.5) is 4.79 Å². The Labute approximate surface area is 116 Å². The molecule has 1 aliphatic rings. The lowest BCUT2D eigenvalue weighted by Crippen LogP contribution is -2.51. The number of nitrogens with one attached hydrogen (secondary N) is 2. The summed E-state index contributed by atoms with van der Waals surface area (Å²) in [6, 6.07) is -0.225. The molecule has 2 amide bonds. The summed E-state index contributed by atoms with van der Waals surface area (Å²) >= 11 is 0. The zero-order valence-corrected chi connectivity index (χ0v) is 11.4. The molecule has 1 aliphatic heterocycles. The average Bonchev–Trinajstić information content (AvgIpc) is 2.91. The number of carbonyl (C=O) groups is 2. The molecule has 2 heterocycles. The largest absolute Gasteiger partial charge is 0.481 e. The summed E-state index contributed by atoms with van der Waals surface area (Å²) in [6.45, 7) is 2.96. The molecule has 8 nitrogen and oxygen atoms in total. The van der Waals surface area contributed by atoms with Crippen LogP contribution in [0.5, 0.6) is 0 Å². The first-order valence-corrected chi connectivity index (χ1v) is 6.62. The third-order valence-corrected chi connectivity index (χ3v) is 3.60. The molecule has 1 aromatic rings. The SMILES string of the molecule is CC1(C(=O)O)CCCN(C(=O)NCCc2ncn[nH]2)C1. The van der Waals surface area contributed by atoms with Crippen molar-refractivity contribution in [2.75, 3.05) is 19.6 Å². The van der Waals surface area contributed by atoms with E-state index in [2.05, 4.69) is 20.5 Å². The maximum absolute atomic E-state index is 12.0. The summed E-state index contributed by atoms with van der Waals surface area (Å²) in [4.78, 5) is 28.8. The monoisotopic (exact) mass is 281 g/mol. The van der Waals surface area contributed by atoms with E-state index in [1.807, 2.05) is 0 Å². The molecule has 2 rings (SSSR count). The lowest BCUT2D eigenvalue weighted by Gasteiger charge is -2.37. The fourth-order valence-corrected chi connectivity index (χ4v) is 2.34. The summed E-state index contributed by atoms with van der Waals surface area (Å²) in [6.07, 6.45) is 3.29. The number of aromatic amines is 1. The smallest absolute Gasteiger partial charge is 0.317 e. The van der Waals surface area contributed by atoms with E-state index in [1.54, 1.807) is 11.8 Å². The molecule has 0 aliphatic carbocycles. The summed E-state index contributed by atoms with van der Waals surface area (Å²) in [5.41, 5.74) is -0.847. The molecule has 0 radical (unpaired) electrons. The predicted molar refractivity (Wildman–Crippen MR) is 70.0 cm³/mol. The second kappa shape index (κ2) is 5.89. The van der Waals surface area contributed by atoms with Crippen LogP contribution in [-0.4, -0.2) is 56.8 Å². The second-order valence-corrected chi connectivity index (χ2v) is 5.31. The van der Waals surface area contributed by atoms with Gasteiger partial charge in [0, 0.05) is 26.1 Å². The van der Waals surface area contributed by atoms with Gasteiger partial charge < -0.3 is 15.3 Å². The maximum atomic E-state index is 12.0. The molecule has 1 atom stereocenters. The molecule has 1 unspecified atom stereocenters. The number of hydrogen-bond acceptors (Lipinski definition) is 4. The number of aliphatic carboxylic acids is 1. The van der Waals surface area contributed by atoms with Crippen LogP contribution in [0, 0.1) is 5.41 Å². The molecular weight excluding hydrogens is 262 g/mol. The topological polar surface area (TPSA) is 111 Å². The number of amides is 2. The molecular formula is C12H19N5O3. The molecule has 3 N–H and O–H groups in total. The predicted octanol–water partition coefficient (Wildman–Crippen LogP) is 0.243. The van der Waals surface area contributed by atoms with Gasteiger partial charge in [-0.25, -0.2) is 9.78 Å². The highest BCUT2D eigenvalue weighted by atomic mass is 16.4. The van der Waals surface area contributed by atoms with Crippen molar-refractivity contribution in [1.29, 1.82) is 0 Å². The Kier molecular flexibility index (Phi) is 4.21. The van der Waals surface area contributed by atoms with Crippen LogP contribution in [-0.2, 0) is 11.2 Å². The third kappa shape index (κ3) is 3.25. The Hall–Kier alpha value is -2.12. The molecule has 110 valence electrons. The number of nitrogens with zero attached hydrogens (tertiary/aromatic N) is 3. The zero-order chi connectivity index (χ0) is 14.6. The minimum Gasteiger partial charge on any atom is -0.481 e. The van der Waals surface area contributed by atoms with Crippen molar-refractivity contribution in [3.8, 4) is 0 Å². The first-order chi connectivity index (χ1) is 9.51. The van der Waals surface area contributed by atoms with Crippen LogP contribution in [0.15, 0.2) is 6.33 Å². The first kappa shape index (κ1) is 14.3. The number of urea groups is 1. The van der Waals surface area contributed by atoms with Crippen LogP contribution >= 0.6 is 0 Å². The van der Waals surface area contributed by atoms with Gasteiger partial charge in [-0.2, -0.15) is 5.10 Å². The van der Waals surface area contributed by atoms with Gasteiger partial charge in [0.2, 0.25) is 0 Å². The number of hydrogen-bond donors (Lipinski definition) is 3. The van der Waals surface area contributed by atoms with E-state index in [9.17, 15) is 14.7 Å². The number of H-pyrrole nitrogens is 1. The van der Waals surface area contributed by atoms with E-state index < -0.39 is 11.4 Å². The minimum atomic E-state index is -0.850. The van der Waals surface area contributed by atoms with Crippen molar-refractivity contribution in [3.05, 3.63) is 12.2 Å². The van der Waals surface area contributed by atoms with Crippen molar-refractivity contribution < 1.29 is 14.7 Å². The van der Waals surface area contributed by atoms with Gasteiger partial charge in [0.05, 0.1) is 5.41 Å². The van der Waals surface area contributed by atoms with Crippen molar-refractivity contribution in [2.45, 2.75) is 26.2 Å². The minimum absolute atomic E-state index is 0.225. The van der Waals surface area contributed by atoms with Gasteiger partial charge in [-0.1, -0.05) is 0 Å². The van der Waals surface area contributed by atoms with E-state index in [0.29, 0.717) is 38.2 Å². The number of likely N-dealkylation sites (tertiary alicyclic amines) is 1. The quantitative estimate of drug-likeness (QED) is 0.732. The van der Waals surface area contributed by atoms with Crippen molar-refractivity contribution >= 4 is 12.0 Å². The highest BCUT2D eigenvalue weighted by Gasteiger charge is 2.39. The van der Waals surface area contributed by atoms with Crippen LogP contribution in [0.25, 0.3) is 0 Å². The van der Waals surface area contributed by atoms with Crippen molar-refractivity contribution in [3.63, 3.8) is 0 Å². The number of carboxylic acids is 1. The summed E-state index contributed by atoms with van der Waals surface area (Å²) in [7, 11) is 0. The van der Waals surface area contributed by atoms with E-state index in [0.717, 1.165) is 0 Å². The summed E-state index contributed by atoms with van der Waals surface area (Å²) in [5, 5.41) is 18.4. The molecule has 20 heavy (non-hydrogen) atoms. The Bertz CT molecular complexity index is 475. The number of carboxylic acid groups (broad SMARTS) is 1. The van der Waals surface area contributed by atoms with Gasteiger partial charge in [0.25, 0.3) is 0 Å². The van der Waals surface area contributed by atoms with E-state index >= 15 is 0 Å². The Morgan fingerprint density at radius 1 is 1.60 bits per heavy atom. The number of piperidine rings is 1. The van der Waals surface area contributed by atoms with E-state index in [4.69, 9.17) is 0 Å². The fraction of sp³-hybridized carbons (Fsp3) is 0.667. The van der Waals surface area contributed by atoms with Gasteiger partial charge in [-0.15, -0.1) is 0 Å². The number of carbonyl (C=O) groups excluding carboxylic acids is 1. The van der Waals surface area contributed by atoms with E-state index in [-0.39, 0.29) is 12.6 Å². The molecule has 1 saturated heterocycles. The zero-order valence-electron chi connectivity index (χ0n) is 11.4. The molecule has 0 aromatic carbocycles. The second-order valence-electron chi connectivity index (χ2n) is 5.31.